The maximum absolute atomic E-state index is 15.3. The van der Waals surface area contributed by atoms with Crippen molar-refractivity contribution in [3.63, 3.8) is 0 Å². The van der Waals surface area contributed by atoms with Crippen LogP contribution >= 0.6 is 0 Å². The first-order valence-electron chi connectivity index (χ1n) is 10.7. The lowest BCUT2D eigenvalue weighted by Gasteiger charge is -2.60. The molecule has 5 rings (SSSR count). The van der Waals surface area contributed by atoms with Crippen molar-refractivity contribution >= 4 is 0 Å². The highest BCUT2D eigenvalue weighted by atomic mass is 19.3. The molecule has 0 spiro atoms. The van der Waals surface area contributed by atoms with Gasteiger partial charge in [0.2, 0.25) is 0 Å². The molecule has 0 aromatic heterocycles. The van der Waals surface area contributed by atoms with Crippen molar-refractivity contribution in [2.45, 2.75) is 70.2 Å². The molecule has 0 amide bonds. The lowest BCUT2D eigenvalue weighted by Crippen LogP contribution is -2.57. The average molecular weight is 398 g/mol. The van der Waals surface area contributed by atoms with Gasteiger partial charge in [-0.25, -0.2) is 4.39 Å². The summed E-state index contributed by atoms with van der Waals surface area (Å²) in [6, 6.07) is 0. The lowest BCUT2D eigenvalue weighted by atomic mass is 9.45. The minimum atomic E-state index is -2.18. The van der Waals surface area contributed by atoms with Crippen LogP contribution in [0.4, 0.5) is 13.2 Å². The molecule has 1 N–H and O–H groups in total. The fourth-order valence-corrected chi connectivity index (χ4v) is 7.59. The van der Waals surface area contributed by atoms with E-state index in [9.17, 15) is 13.9 Å². The molecule has 3 nitrogen and oxygen atoms in total. The lowest BCUT2D eigenvalue weighted by molar-refractivity contribution is -0.167. The molecule has 2 unspecified atom stereocenters. The summed E-state index contributed by atoms with van der Waals surface area (Å²) in [7, 11) is 0. The van der Waals surface area contributed by atoms with Crippen LogP contribution in [0.2, 0.25) is 0 Å². The van der Waals surface area contributed by atoms with Gasteiger partial charge in [-0.3, -0.25) is 0 Å². The van der Waals surface area contributed by atoms with E-state index in [-0.39, 0.29) is 30.0 Å². The summed E-state index contributed by atoms with van der Waals surface area (Å²) < 4.78 is 54.6. The van der Waals surface area contributed by atoms with Crippen LogP contribution in [0.15, 0.2) is 23.6 Å². The van der Waals surface area contributed by atoms with E-state index in [2.05, 4.69) is 0 Å². The molecule has 1 saturated heterocycles. The third kappa shape index (κ3) is 2.46. The summed E-state index contributed by atoms with van der Waals surface area (Å²) >= 11 is 0. The van der Waals surface area contributed by atoms with E-state index in [0.29, 0.717) is 38.9 Å². The Hall–Kier alpha value is -0.850. The van der Waals surface area contributed by atoms with Crippen LogP contribution in [0.3, 0.4) is 0 Å². The number of aliphatic hydroxyl groups is 1. The van der Waals surface area contributed by atoms with E-state index in [4.69, 9.17) is 9.47 Å². The van der Waals surface area contributed by atoms with E-state index in [1.165, 1.54) is 5.57 Å². The van der Waals surface area contributed by atoms with Crippen LogP contribution in [0, 0.1) is 28.6 Å². The number of ether oxygens (including phenoxy) is 2. The maximum atomic E-state index is 15.3. The summed E-state index contributed by atoms with van der Waals surface area (Å²) in [5.41, 5.74) is -0.447. The molecular weight excluding hydrogens is 369 g/mol. The van der Waals surface area contributed by atoms with Gasteiger partial charge in [-0.1, -0.05) is 18.6 Å². The van der Waals surface area contributed by atoms with Crippen molar-refractivity contribution in [2.24, 2.45) is 28.6 Å². The summed E-state index contributed by atoms with van der Waals surface area (Å²) in [6.45, 7) is 3.13. The molecule has 3 saturated carbocycles. The van der Waals surface area contributed by atoms with Crippen molar-refractivity contribution in [1.29, 1.82) is 0 Å². The van der Waals surface area contributed by atoms with Gasteiger partial charge in [-0.2, -0.15) is 8.78 Å². The molecule has 5 aliphatic rings. The number of halogens is 3. The fraction of sp³-hybridized carbons (Fsp3) is 0.818. The molecule has 1 heterocycles. The standard InChI is InChI=1S/C22H29F3O3/c1-21-6-5-14-13-11-16-15(27-8-9-28-16)10-12(13)4-7-22(14,19(23)20(24)25)17(21)2-3-18(21)26/h4,13-18,26H,2-3,5-11H2,1H3/t13-,14+,15?,16?,17+,18+,21-,22-/m0/s1. The van der Waals surface area contributed by atoms with Crippen LogP contribution in [-0.4, -0.2) is 36.6 Å². The van der Waals surface area contributed by atoms with Crippen molar-refractivity contribution < 1.29 is 27.8 Å². The molecule has 4 aliphatic carbocycles. The summed E-state index contributed by atoms with van der Waals surface area (Å²) in [5, 5.41) is 10.6. The van der Waals surface area contributed by atoms with Crippen LogP contribution < -0.4 is 0 Å². The zero-order valence-corrected chi connectivity index (χ0v) is 16.3. The third-order valence-corrected chi connectivity index (χ3v) is 8.89. The Balaban J connectivity index is 1.59. The molecule has 6 heteroatoms. The van der Waals surface area contributed by atoms with Crippen LogP contribution in [0.25, 0.3) is 0 Å². The molecule has 0 aromatic carbocycles. The molecule has 156 valence electrons. The van der Waals surface area contributed by atoms with Crippen LogP contribution in [0.1, 0.15) is 51.9 Å². The second-order valence-corrected chi connectivity index (χ2v) is 9.76. The number of fused-ring (bicyclic) bond motifs is 6. The fourth-order valence-electron chi connectivity index (χ4n) is 7.59. The van der Waals surface area contributed by atoms with Gasteiger partial charge in [0.1, 0.15) is 0 Å². The van der Waals surface area contributed by atoms with E-state index < -0.39 is 28.8 Å². The van der Waals surface area contributed by atoms with Gasteiger partial charge >= 0.3 is 6.08 Å². The number of hydrogen-bond acceptors (Lipinski definition) is 3. The first-order valence-corrected chi connectivity index (χ1v) is 10.7. The van der Waals surface area contributed by atoms with Crippen LogP contribution in [-0.2, 0) is 9.47 Å². The Morgan fingerprint density at radius 1 is 1.11 bits per heavy atom. The Bertz CT molecular complexity index is 718. The van der Waals surface area contributed by atoms with Crippen molar-refractivity contribution in [1.82, 2.24) is 0 Å². The molecular formula is C22H29F3O3. The van der Waals surface area contributed by atoms with Gasteiger partial charge in [0.05, 0.1) is 31.5 Å². The molecule has 8 atom stereocenters. The highest BCUT2D eigenvalue weighted by Crippen LogP contribution is 2.70. The monoisotopic (exact) mass is 398 g/mol. The van der Waals surface area contributed by atoms with Crippen molar-refractivity contribution in [2.75, 3.05) is 13.2 Å². The second-order valence-electron chi connectivity index (χ2n) is 9.76. The third-order valence-electron chi connectivity index (χ3n) is 8.89. The summed E-state index contributed by atoms with van der Waals surface area (Å²) in [6.07, 6.45) is 3.70. The number of allylic oxidation sites excluding steroid dienone is 2. The highest BCUT2D eigenvalue weighted by Gasteiger charge is 2.66. The zero-order chi connectivity index (χ0) is 19.7. The Morgan fingerprint density at radius 3 is 2.61 bits per heavy atom. The molecule has 0 radical (unpaired) electrons. The van der Waals surface area contributed by atoms with E-state index in [1.54, 1.807) is 0 Å². The Kier molecular flexibility index (Phi) is 4.49. The average Bonchev–Trinajstić information content (AvgIpc) is 3.00. The predicted octanol–water partition coefficient (Wildman–Crippen LogP) is 4.76. The Morgan fingerprint density at radius 2 is 1.86 bits per heavy atom. The van der Waals surface area contributed by atoms with Crippen LogP contribution in [0.5, 0.6) is 0 Å². The largest absolute Gasteiger partial charge is 0.393 e. The van der Waals surface area contributed by atoms with Gasteiger partial charge in [0.25, 0.3) is 0 Å². The van der Waals surface area contributed by atoms with Gasteiger partial charge in [0.15, 0.2) is 5.83 Å². The maximum Gasteiger partial charge on any atom is 0.302 e. The van der Waals surface area contributed by atoms with Gasteiger partial charge in [-0.15, -0.1) is 0 Å². The minimum Gasteiger partial charge on any atom is -0.393 e. The molecule has 1 aliphatic heterocycles. The van der Waals surface area contributed by atoms with Gasteiger partial charge < -0.3 is 14.6 Å². The first-order chi connectivity index (χ1) is 13.4. The molecule has 28 heavy (non-hydrogen) atoms. The summed E-state index contributed by atoms with van der Waals surface area (Å²) in [4.78, 5) is 0. The van der Waals surface area contributed by atoms with E-state index >= 15 is 4.39 Å². The number of aliphatic hydroxyl groups excluding tert-OH is 1. The van der Waals surface area contributed by atoms with Crippen molar-refractivity contribution in [3.05, 3.63) is 23.6 Å². The summed E-state index contributed by atoms with van der Waals surface area (Å²) in [5.74, 6) is -1.58. The molecule has 4 fully saturated rings. The molecule has 0 bridgehead atoms. The van der Waals surface area contributed by atoms with Crippen molar-refractivity contribution in [3.8, 4) is 0 Å². The number of rotatable bonds is 1. The second kappa shape index (κ2) is 6.58. The normalized spacial score (nSPS) is 50.0. The molecule has 0 aromatic rings. The zero-order valence-electron chi connectivity index (χ0n) is 16.3. The van der Waals surface area contributed by atoms with E-state index in [0.717, 1.165) is 19.3 Å². The highest BCUT2D eigenvalue weighted by molar-refractivity contribution is 5.31. The Labute approximate surface area is 164 Å². The quantitative estimate of drug-likeness (QED) is 0.647. The topological polar surface area (TPSA) is 38.7 Å². The number of hydrogen-bond donors (Lipinski definition) is 1. The predicted molar refractivity (Wildman–Crippen MR) is 97.2 cm³/mol. The van der Waals surface area contributed by atoms with Gasteiger partial charge in [0, 0.05) is 5.41 Å². The van der Waals surface area contributed by atoms with Gasteiger partial charge in [-0.05, 0) is 68.1 Å². The smallest absolute Gasteiger partial charge is 0.302 e. The minimum absolute atomic E-state index is 0.0311. The SMILES string of the molecule is C[C@]12CC[C@@H]3[C@H]4CC5OCCOC5CC4=CC[C@@]3(C(F)=C(F)F)[C@@H]1CC[C@H]2O. The van der Waals surface area contributed by atoms with E-state index in [1.807, 2.05) is 13.0 Å². The first kappa shape index (κ1) is 19.1.